The van der Waals surface area contributed by atoms with Gasteiger partial charge < -0.3 is 5.32 Å². The first-order valence-corrected chi connectivity index (χ1v) is 8.69. The van der Waals surface area contributed by atoms with Crippen LogP contribution in [0.2, 0.25) is 0 Å². The van der Waals surface area contributed by atoms with Gasteiger partial charge in [0.25, 0.3) is 5.91 Å². The minimum atomic E-state index is -4.53. The Morgan fingerprint density at radius 2 is 1.80 bits per heavy atom. The first-order chi connectivity index (χ1) is 14.2. The van der Waals surface area contributed by atoms with Crippen LogP contribution in [0, 0.1) is 12.7 Å². The third-order valence-electron chi connectivity index (χ3n) is 4.47. The highest BCUT2D eigenvalue weighted by Gasteiger charge is 2.30. The standard InChI is InChI=1S/C20H13F4N5O/c1-11-17(19(30)26-15-4-2-3-13(9-15)20(22,23)24)27-28-18-16(10-25-29(11)18)12-5-7-14(21)8-6-12/h2-10H,1H3,(H,26,30). The summed E-state index contributed by atoms with van der Waals surface area (Å²) in [6.45, 7) is 1.59. The van der Waals surface area contributed by atoms with Crippen molar-refractivity contribution in [1.82, 2.24) is 19.8 Å². The van der Waals surface area contributed by atoms with E-state index < -0.39 is 17.6 Å². The molecule has 0 bridgehead atoms. The number of halogens is 4. The van der Waals surface area contributed by atoms with Gasteiger partial charge in [-0.3, -0.25) is 4.79 Å². The molecule has 0 saturated carbocycles. The molecule has 30 heavy (non-hydrogen) atoms. The molecule has 0 unspecified atom stereocenters. The van der Waals surface area contributed by atoms with E-state index in [1.165, 1.54) is 35.0 Å². The zero-order valence-corrected chi connectivity index (χ0v) is 15.4. The molecule has 0 spiro atoms. The summed E-state index contributed by atoms with van der Waals surface area (Å²) in [5.74, 6) is -1.11. The largest absolute Gasteiger partial charge is 0.416 e. The molecule has 0 aliphatic carbocycles. The molecule has 1 amide bonds. The molecule has 1 N–H and O–H groups in total. The molecular formula is C20H13F4N5O. The topological polar surface area (TPSA) is 72.2 Å². The summed E-state index contributed by atoms with van der Waals surface area (Å²) in [6.07, 6.45) is -3.01. The molecule has 10 heteroatoms. The third kappa shape index (κ3) is 3.59. The van der Waals surface area contributed by atoms with Gasteiger partial charge in [0.05, 0.1) is 17.5 Å². The SMILES string of the molecule is Cc1c(C(=O)Nc2cccc(C(F)(F)F)c2)nnc2c(-c3ccc(F)cc3)cnn12. The van der Waals surface area contributed by atoms with Crippen LogP contribution in [0.15, 0.2) is 54.7 Å². The molecular weight excluding hydrogens is 402 g/mol. The average molecular weight is 415 g/mol. The number of anilines is 1. The Hall–Kier alpha value is -3.82. The van der Waals surface area contributed by atoms with E-state index in [0.717, 1.165) is 12.1 Å². The van der Waals surface area contributed by atoms with Crippen LogP contribution in [-0.4, -0.2) is 25.7 Å². The molecule has 0 fully saturated rings. The fraction of sp³-hybridized carbons (Fsp3) is 0.100. The van der Waals surface area contributed by atoms with Gasteiger partial charge in [0.1, 0.15) is 5.82 Å². The monoisotopic (exact) mass is 415 g/mol. The van der Waals surface area contributed by atoms with E-state index >= 15 is 0 Å². The zero-order chi connectivity index (χ0) is 21.5. The second-order valence-electron chi connectivity index (χ2n) is 6.47. The highest BCUT2D eigenvalue weighted by atomic mass is 19.4. The number of nitrogens with zero attached hydrogens (tertiary/aromatic N) is 4. The Balaban J connectivity index is 1.66. The van der Waals surface area contributed by atoms with Crippen molar-refractivity contribution in [2.75, 3.05) is 5.32 Å². The molecule has 0 radical (unpaired) electrons. The number of fused-ring (bicyclic) bond motifs is 1. The van der Waals surface area contributed by atoms with Crippen LogP contribution in [0.1, 0.15) is 21.7 Å². The second kappa shape index (κ2) is 7.21. The number of carbonyl (C=O) groups excluding carboxylic acids is 1. The van der Waals surface area contributed by atoms with Gasteiger partial charge in [-0.2, -0.15) is 18.3 Å². The summed E-state index contributed by atoms with van der Waals surface area (Å²) in [6, 6.07) is 10.0. The molecule has 2 aromatic heterocycles. The molecule has 152 valence electrons. The lowest BCUT2D eigenvalue weighted by molar-refractivity contribution is -0.137. The summed E-state index contributed by atoms with van der Waals surface area (Å²) < 4.78 is 53.1. The molecule has 4 rings (SSSR count). The van der Waals surface area contributed by atoms with Crippen LogP contribution < -0.4 is 5.32 Å². The predicted octanol–water partition coefficient (Wildman–Crippen LogP) is 4.51. The summed E-state index contributed by atoms with van der Waals surface area (Å²) in [7, 11) is 0. The minimum absolute atomic E-state index is 0.0245. The number of aromatic nitrogens is 4. The smallest absolute Gasteiger partial charge is 0.321 e. The molecule has 0 aliphatic heterocycles. The van der Waals surface area contributed by atoms with E-state index in [1.54, 1.807) is 19.1 Å². The van der Waals surface area contributed by atoms with Gasteiger partial charge in [-0.25, -0.2) is 8.91 Å². The number of benzene rings is 2. The van der Waals surface area contributed by atoms with Crippen LogP contribution in [0.4, 0.5) is 23.2 Å². The van der Waals surface area contributed by atoms with Gasteiger partial charge >= 0.3 is 6.18 Å². The average Bonchev–Trinajstić information content (AvgIpc) is 3.13. The summed E-state index contributed by atoms with van der Waals surface area (Å²) >= 11 is 0. The lowest BCUT2D eigenvalue weighted by atomic mass is 10.1. The lowest BCUT2D eigenvalue weighted by Gasteiger charge is -2.10. The number of nitrogens with one attached hydrogen (secondary N) is 1. The van der Waals surface area contributed by atoms with Gasteiger partial charge in [0.2, 0.25) is 0 Å². The molecule has 2 aromatic carbocycles. The predicted molar refractivity (Wildman–Crippen MR) is 100 cm³/mol. The Kier molecular flexibility index (Phi) is 4.69. The van der Waals surface area contributed by atoms with E-state index in [-0.39, 0.29) is 17.2 Å². The van der Waals surface area contributed by atoms with Gasteiger partial charge in [-0.15, -0.1) is 10.2 Å². The zero-order valence-electron chi connectivity index (χ0n) is 15.4. The Labute approximate surface area is 167 Å². The highest BCUT2D eigenvalue weighted by Crippen LogP contribution is 2.31. The van der Waals surface area contributed by atoms with Gasteiger partial charge in [-0.1, -0.05) is 18.2 Å². The van der Waals surface area contributed by atoms with Crippen LogP contribution in [0.3, 0.4) is 0 Å². The normalized spacial score (nSPS) is 11.6. The molecule has 4 aromatic rings. The molecule has 0 atom stereocenters. The quantitative estimate of drug-likeness (QED) is 0.500. The maximum absolute atomic E-state index is 13.2. The van der Waals surface area contributed by atoms with Crippen molar-refractivity contribution in [2.45, 2.75) is 13.1 Å². The van der Waals surface area contributed by atoms with E-state index in [9.17, 15) is 22.4 Å². The van der Waals surface area contributed by atoms with E-state index in [1.807, 2.05) is 0 Å². The van der Waals surface area contributed by atoms with Gasteiger partial charge in [0.15, 0.2) is 11.3 Å². The number of hydrogen-bond acceptors (Lipinski definition) is 4. The number of hydrogen-bond donors (Lipinski definition) is 1. The van der Waals surface area contributed by atoms with Crippen molar-refractivity contribution < 1.29 is 22.4 Å². The Morgan fingerprint density at radius 3 is 2.50 bits per heavy atom. The molecule has 6 nitrogen and oxygen atoms in total. The number of carbonyl (C=O) groups is 1. The third-order valence-corrected chi connectivity index (χ3v) is 4.47. The van der Waals surface area contributed by atoms with Crippen molar-refractivity contribution in [1.29, 1.82) is 0 Å². The van der Waals surface area contributed by atoms with Crippen LogP contribution in [0.25, 0.3) is 16.8 Å². The molecule has 2 heterocycles. The Bertz CT molecular complexity index is 1250. The maximum Gasteiger partial charge on any atom is 0.416 e. The van der Waals surface area contributed by atoms with Crippen molar-refractivity contribution in [3.05, 3.63) is 77.5 Å². The number of amides is 1. The first-order valence-electron chi connectivity index (χ1n) is 8.69. The summed E-state index contributed by atoms with van der Waals surface area (Å²) in [5, 5.41) is 14.6. The van der Waals surface area contributed by atoms with Crippen molar-refractivity contribution >= 4 is 17.2 Å². The molecule has 0 saturated heterocycles. The minimum Gasteiger partial charge on any atom is -0.321 e. The maximum atomic E-state index is 13.2. The Morgan fingerprint density at radius 1 is 1.07 bits per heavy atom. The number of rotatable bonds is 3. The van der Waals surface area contributed by atoms with Gasteiger partial charge in [-0.05, 0) is 42.8 Å². The molecule has 0 aliphatic rings. The van der Waals surface area contributed by atoms with Crippen molar-refractivity contribution in [3.8, 4) is 11.1 Å². The van der Waals surface area contributed by atoms with Crippen LogP contribution in [-0.2, 0) is 6.18 Å². The van der Waals surface area contributed by atoms with E-state index in [0.29, 0.717) is 22.5 Å². The fourth-order valence-electron chi connectivity index (χ4n) is 2.96. The van der Waals surface area contributed by atoms with Crippen molar-refractivity contribution in [3.63, 3.8) is 0 Å². The number of alkyl halides is 3. The second-order valence-corrected chi connectivity index (χ2v) is 6.47. The van der Waals surface area contributed by atoms with Crippen LogP contribution in [0.5, 0.6) is 0 Å². The van der Waals surface area contributed by atoms with E-state index in [2.05, 4.69) is 20.6 Å². The van der Waals surface area contributed by atoms with Crippen molar-refractivity contribution in [2.24, 2.45) is 0 Å². The summed E-state index contributed by atoms with van der Waals surface area (Å²) in [5.41, 5.74) is 0.969. The summed E-state index contributed by atoms with van der Waals surface area (Å²) in [4.78, 5) is 12.6. The van der Waals surface area contributed by atoms with Crippen LogP contribution >= 0.6 is 0 Å². The lowest BCUT2D eigenvalue weighted by Crippen LogP contribution is -2.19. The van der Waals surface area contributed by atoms with E-state index in [4.69, 9.17) is 0 Å². The van der Waals surface area contributed by atoms with Gasteiger partial charge in [0, 0.05) is 11.3 Å². The highest BCUT2D eigenvalue weighted by molar-refractivity contribution is 6.03. The number of aryl methyl sites for hydroxylation is 1. The fourth-order valence-corrected chi connectivity index (χ4v) is 2.96. The first kappa shape index (κ1) is 19.5.